The molecule has 8 nitrogen and oxygen atoms in total. The lowest BCUT2D eigenvalue weighted by atomic mass is 10.2. The quantitative estimate of drug-likeness (QED) is 0.391. The highest BCUT2D eigenvalue weighted by Crippen LogP contribution is 2.23. The number of nitrogens with one attached hydrogen (secondary N) is 1. The van der Waals surface area contributed by atoms with E-state index in [1.807, 2.05) is 0 Å². The predicted octanol–water partition coefficient (Wildman–Crippen LogP) is 0.585. The molecule has 8 heteroatoms. The van der Waals surface area contributed by atoms with Gasteiger partial charge in [-0.15, -0.1) is 0 Å². The normalized spacial score (nSPS) is 10.2. The van der Waals surface area contributed by atoms with Gasteiger partial charge in [0.2, 0.25) is 0 Å². The number of rotatable bonds is 9. The highest BCUT2D eigenvalue weighted by molar-refractivity contribution is 5.77. The Morgan fingerprint density at radius 2 is 2.24 bits per heavy atom. The molecule has 116 valence electrons. The smallest absolute Gasteiger partial charge is 0.270 e. The minimum atomic E-state index is -0.508. The Morgan fingerprint density at radius 3 is 2.86 bits per heavy atom. The SMILES string of the molecule is COCCCNC(=O)COc1ccc([N+](=O)[O-])cc1CN. The van der Waals surface area contributed by atoms with Gasteiger partial charge in [-0.25, -0.2) is 0 Å². The molecule has 1 aromatic rings. The fourth-order valence-electron chi connectivity index (χ4n) is 1.62. The van der Waals surface area contributed by atoms with E-state index in [-0.39, 0.29) is 24.7 Å². The van der Waals surface area contributed by atoms with E-state index >= 15 is 0 Å². The molecule has 0 saturated carbocycles. The van der Waals surface area contributed by atoms with Crippen molar-refractivity contribution < 1.29 is 19.2 Å². The number of amides is 1. The minimum absolute atomic E-state index is 0.0631. The van der Waals surface area contributed by atoms with E-state index in [2.05, 4.69) is 5.32 Å². The summed E-state index contributed by atoms with van der Waals surface area (Å²) < 4.78 is 10.2. The summed E-state index contributed by atoms with van der Waals surface area (Å²) in [6, 6.07) is 4.09. The Morgan fingerprint density at radius 1 is 1.48 bits per heavy atom. The van der Waals surface area contributed by atoms with Crippen molar-refractivity contribution in [2.24, 2.45) is 5.73 Å². The summed E-state index contributed by atoms with van der Waals surface area (Å²) in [6.45, 7) is 0.991. The molecule has 0 atom stereocenters. The van der Waals surface area contributed by atoms with Gasteiger partial charge in [-0.1, -0.05) is 0 Å². The van der Waals surface area contributed by atoms with E-state index in [0.717, 1.165) is 0 Å². The van der Waals surface area contributed by atoms with Crippen LogP contribution in [0.2, 0.25) is 0 Å². The number of ether oxygens (including phenoxy) is 2. The van der Waals surface area contributed by atoms with Crippen LogP contribution in [-0.4, -0.2) is 37.7 Å². The van der Waals surface area contributed by atoms with Gasteiger partial charge in [0, 0.05) is 44.5 Å². The van der Waals surface area contributed by atoms with Gasteiger partial charge in [0.15, 0.2) is 6.61 Å². The third-order valence-electron chi connectivity index (χ3n) is 2.68. The van der Waals surface area contributed by atoms with Crippen LogP contribution in [0.5, 0.6) is 5.75 Å². The van der Waals surface area contributed by atoms with E-state index in [1.165, 1.54) is 18.2 Å². The maximum Gasteiger partial charge on any atom is 0.270 e. The molecule has 0 radical (unpaired) electrons. The number of non-ortho nitro benzene ring substituents is 1. The van der Waals surface area contributed by atoms with Crippen molar-refractivity contribution >= 4 is 11.6 Å². The van der Waals surface area contributed by atoms with Crippen molar-refractivity contribution in [3.8, 4) is 5.75 Å². The third-order valence-corrected chi connectivity index (χ3v) is 2.68. The molecule has 0 bridgehead atoms. The predicted molar refractivity (Wildman–Crippen MR) is 76.0 cm³/mol. The van der Waals surface area contributed by atoms with Gasteiger partial charge in [-0.05, 0) is 12.5 Å². The summed E-state index contributed by atoms with van der Waals surface area (Å²) >= 11 is 0. The first kappa shape index (κ1) is 16.9. The fraction of sp³-hybridized carbons (Fsp3) is 0.462. The van der Waals surface area contributed by atoms with Crippen molar-refractivity contribution in [1.82, 2.24) is 5.32 Å². The van der Waals surface area contributed by atoms with Crippen LogP contribution < -0.4 is 15.8 Å². The summed E-state index contributed by atoms with van der Waals surface area (Å²) in [4.78, 5) is 21.7. The minimum Gasteiger partial charge on any atom is -0.483 e. The average molecular weight is 297 g/mol. The number of nitrogens with two attached hydrogens (primary N) is 1. The Bertz CT molecular complexity index is 493. The van der Waals surface area contributed by atoms with Crippen LogP contribution in [0.1, 0.15) is 12.0 Å². The summed E-state index contributed by atoms with van der Waals surface area (Å²) in [5, 5.41) is 13.3. The van der Waals surface area contributed by atoms with Crippen LogP contribution >= 0.6 is 0 Å². The molecule has 0 aliphatic heterocycles. The Labute approximate surface area is 122 Å². The Balaban J connectivity index is 2.51. The first-order chi connectivity index (χ1) is 10.1. The zero-order chi connectivity index (χ0) is 15.7. The molecule has 0 aliphatic rings. The van der Waals surface area contributed by atoms with Crippen molar-refractivity contribution in [2.45, 2.75) is 13.0 Å². The van der Waals surface area contributed by atoms with E-state index in [1.54, 1.807) is 7.11 Å². The largest absolute Gasteiger partial charge is 0.483 e. The van der Waals surface area contributed by atoms with Crippen LogP contribution in [0.3, 0.4) is 0 Å². The molecule has 1 rings (SSSR count). The molecule has 0 saturated heterocycles. The van der Waals surface area contributed by atoms with Crippen LogP contribution in [-0.2, 0) is 16.1 Å². The van der Waals surface area contributed by atoms with Gasteiger partial charge in [0.05, 0.1) is 4.92 Å². The number of nitro benzene ring substituents is 1. The summed E-state index contributed by atoms with van der Waals surface area (Å²) in [7, 11) is 1.59. The van der Waals surface area contributed by atoms with E-state index in [9.17, 15) is 14.9 Å². The van der Waals surface area contributed by atoms with E-state index in [4.69, 9.17) is 15.2 Å². The fourth-order valence-corrected chi connectivity index (χ4v) is 1.62. The highest BCUT2D eigenvalue weighted by Gasteiger charge is 2.11. The molecule has 0 aromatic heterocycles. The van der Waals surface area contributed by atoms with Gasteiger partial charge in [-0.2, -0.15) is 0 Å². The molecule has 0 spiro atoms. The lowest BCUT2D eigenvalue weighted by Crippen LogP contribution is -2.30. The zero-order valence-electron chi connectivity index (χ0n) is 11.8. The van der Waals surface area contributed by atoms with Crippen molar-refractivity contribution in [2.75, 3.05) is 26.9 Å². The number of methoxy groups -OCH3 is 1. The van der Waals surface area contributed by atoms with Gasteiger partial charge in [-0.3, -0.25) is 14.9 Å². The van der Waals surface area contributed by atoms with E-state index in [0.29, 0.717) is 30.9 Å². The molecule has 0 fully saturated rings. The first-order valence-electron chi connectivity index (χ1n) is 6.44. The first-order valence-corrected chi connectivity index (χ1v) is 6.44. The summed E-state index contributed by atoms with van der Waals surface area (Å²) in [5.41, 5.74) is 5.94. The summed E-state index contributed by atoms with van der Waals surface area (Å²) in [6.07, 6.45) is 0.716. The molecule has 1 aromatic carbocycles. The van der Waals surface area contributed by atoms with Gasteiger partial charge >= 0.3 is 0 Å². The zero-order valence-corrected chi connectivity index (χ0v) is 11.8. The molecule has 3 N–H and O–H groups in total. The van der Waals surface area contributed by atoms with Crippen LogP contribution in [0.25, 0.3) is 0 Å². The maximum absolute atomic E-state index is 11.5. The topological polar surface area (TPSA) is 117 Å². The molecule has 21 heavy (non-hydrogen) atoms. The van der Waals surface area contributed by atoms with Gasteiger partial charge in [0.1, 0.15) is 5.75 Å². The van der Waals surface area contributed by atoms with Crippen LogP contribution in [0, 0.1) is 10.1 Å². The number of carbonyl (C=O) groups excluding carboxylic acids is 1. The summed E-state index contributed by atoms with van der Waals surface area (Å²) in [5.74, 6) is 0.0996. The maximum atomic E-state index is 11.5. The number of nitrogens with zero attached hydrogens (tertiary/aromatic N) is 1. The second kappa shape index (κ2) is 8.88. The van der Waals surface area contributed by atoms with Crippen molar-refractivity contribution in [3.05, 3.63) is 33.9 Å². The monoisotopic (exact) mass is 297 g/mol. The number of carbonyl (C=O) groups is 1. The Kier molecular flexibility index (Phi) is 7.13. The number of hydrogen-bond donors (Lipinski definition) is 2. The molecular formula is C13H19N3O5. The second-order valence-electron chi connectivity index (χ2n) is 4.24. The van der Waals surface area contributed by atoms with E-state index < -0.39 is 4.92 Å². The van der Waals surface area contributed by atoms with Crippen LogP contribution in [0.4, 0.5) is 5.69 Å². The van der Waals surface area contributed by atoms with Gasteiger partial charge < -0.3 is 20.5 Å². The molecular weight excluding hydrogens is 278 g/mol. The van der Waals surface area contributed by atoms with Crippen molar-refractivity contribution in [1.29, 1.82) is 0 Å². The molecule has 1 amide bonds. The lowest BCUT2D eigenvalue weighted by molar-refractivity contribution is -0.384. The highest BCUT2D eigenvalue weighted by atomic mass is 16.6. The molecule has 0 unspecified atom stereocenters. The second-order valence-corrected chi connectivity index (χ2v) is 4.24. The lowest BCUT2D eigenvalue weighted by Gasteiger charge is -2.10. The van der Waals surface area contributed by atoms with Crippen molar-refractivity contribution in [3.63, 3.8) is 0 Å². The molecule has 0 aliphatic carbocycles. The number of benzene rings is 1. The van der Waals surface area contributed by atoms with Gasteiger partial charge in [0.25, 0.3) is 11.6 Å². The Hall–Kier alpha value is -2.19. The number of hydrogen-bond acceptors (Lipinski definition) is 6. The third kappa shape index (κ3) is 5.76. The molecule has 0 heterocycles. The number of nitro groups is 1. The average Bonchev–Trinajstić information content (AvgIpc) is 2.49. The standard InChI is InChI=1S/C13H19N3O5/c1-20-6-2-5-15-13(17)9-21-12-4-3-11(16(18)19)7-10(12)8-14/h3-4,7H,2,5-6,8-9,14H2,1H3,(H,15,17). The van der Waals surface area contributed by atoms with Crippen LogP contribution in [0.15, 0.2) is 18.2 Å².